The van der Waals surface area contributed by atoms with E-state index in [1.54, 1.807) is 0 Å². The maximum absolute atomic E-state index is 3.62. The van der Waals surface area contributed by atoms with Crippen molar-refractivity contribution in [2.75, 3.05) is 11.4 Å². The molecule has 0 bridgehead atoms. The van der Waals surface area contributed by atoms with Crippen LogP contribution in [0.3, 0.4) is 0 Å². The van der Waals surface area contributed by atoms with Crippen molar-refractivity contribution in [3.05, 3.63) is 64.7 Å². The summed E-state index contributed by atoms with van der Waals surface area (Å²) in [6.45, 7) is 9.69. The summed E-state index contributed by atoms with van der Waals surface area (Å²) in [7, 11) is 0. The monoisotopic (exact) mass is 280 g/mol. The van der Waals surface area contributed by atoms with Gasteiger partial charge in [0.1, 0.15) is 0 Å². The van der Waals surface area contributed by atoms with E-state index >= 15 is 0 Å². The van der Waals surface area contributed by atoms with Crippen molar-refractivity contribution in [3.8, 4) is 0 Å². The minimum atomic E-state index is 0.501. The lowest BCUT2D eigenvalue weighted by Gasteiger charge is -2.28. The Kier molecular flexibility index (Phi) is 3.98. The molecule has 3 rings (SSSR count). The van der Waals surface area contributed by atoms with E-state index in [1.165, 1.54) is 27.9 Å². The minimum Gasteiger partial charge on any atom is -0.365 e. The Hall–Kier alpha value is -1.80. The summed E-state index contributed by atoms with van der Waals surface area (Å²) < 4.78 is 0. The largest absolute Gasteiger partial charge is 0.365 e. The highest BCUT2D eigenvalue weighted by molar-refractivity contribution is 5.60. The van der Waals surface area contributed by atoms with E-state index in [9.17, 15) is 0 Å². The van der Waals surface area contributed by atoms with Gasteiger partial charge in [0.25, 0.3) is 0 Å². The number of benzene rings is 2. The smallest absolute Gasteiger partial charge is 0.0445 e. The molecule has 1 aliphatic rings. The van der Waals surface area contributed by atoms with Crippen LogP contribution in [0, 0.1) is 13.8 Å². The van der Waals surface area contributed by atoms with E-state index in [4.69, 9.17) is 0 Å². The Morgan fingerprint density at radius 1 is 1.05 bits per heavy atom. The Morgan fingerprint density at radius 3 is 2.62 bits per heavy atom. The third-order valence-corrected chi connectivity index (χ3v) is 4.40. The van der Waals surface area contributed by atoms with Gasteiger partial charge in [-0.05, 0) is 43.0 Å². The summed E-state index contributed by atoms with van der Waals surface area (Å²) in [5.74, 6) is 0. The standard InChI is InChI=1S/C19H24N2/c1-14-7-4-5-9-18(14)13-21-12-16(3)20-11-17-10-6-8-15(2)19(17)21/h4-10,16,20H,11-13H2,1-3H3. The first-order valence-corrected chi connectivity index (χ1v) is 7.76. The Morgan fingerprint density at radius 2 is 1.81 bits per heavy atom. The van der Waals surface area contributed by atoms with Gasteiger partial charge in [-0.3, -0.25) is 0 Å². The van der Waals surface area contributed by atoms with Gasteiger partial charge >= 0.3 is 0 Å². The van der Waals surface area contributed by atoms with Gasteiger partial charge < -0.3 is 10.2 Å². The summed E-state index contributed by atoms with van der Waals surface area (Å²) in [4.78, 5) is 2.54. The molecule has 0 amide bonds. The molecular weight excluding hydrogens is 256 g/mol. The van der Waals surface area contributed by atoms with Gasteiger partial charge in [-0.15, -0.1) is 0 Å². The van der Waals surface area contributed by atoms with E-state index in [1.807, 2.05) is 0 Å². The molecule has 2 aromatic rings. The van der Waals surface area contributed by atoms with Crippen LogP contribution in [0.15, 0.2) is 42.5 Å². The lowest BCUT2D eigenvalue weighted by Crippen LogP contribution is -2.36. The van der Waals surface area contributed by atoms with E-state index in [2.05, 4.69) is 73.5 Å². The van der Waals surface area contributed by atoms with Gasteiger partial charge in [0.15, 0.2) is 0 Å². The van der Waals surface area contributed by atoms with Gasteiger partial charge in [0.05, 0.1) is 0 Å². The molecule has 0 fully saturated rings. The third-order valence-electron chi connectivity index (χ3n) is 4.40. The van der Waals surface area contributed by atoms with Gasteiger partial charge in [0, 0.05) is 31.4 Å². The quantitative estimate of drug-likeness (QED) is 0.900. The van der Waals surface area contributed by atoms with E-state index in [-0.39, 0.29) is 0 Å². The van der Waals surface area contributed by atoms with Crippen LogP contribution in [0.25, 0.3) is 0 Å². The Bertz CT molecular complexity index is 633. The van der Waals surface area contributed by atoms with Crippen molar-refractivity contribution in [1.82, 2.24) is 5.32 Å². The maximum atomic E-state index is 3.62. The number of para-hydroxylation sites is 1. The normalized spacial score (nSPS) is 18.2. The molecule has 1 aliphatic heterocycles. The van der Waals surface area contributed by atoms with E-state index in [0.29, 0.717) is 6.04 Å². The fourth-order valence-corrected chi connectivity index (χ4v) is 3.22. The molecule has 2 aromatic carbocycles. The van der Waals surface area contributed by atoms with Crippen molar-refractivity contribution < 1.29 is 0 Å². The molecule has 2 nitrogen and oxygen atoms in total. The number of fused-ring (bicyclic) bond motifs is 1. The van der Waals surface area contributed by atoms with Crippen LogP contribution in [-0.4, -0.2) is 12.6 Å². The van der Waals surface area contributed by atoms with Crippen molar-refractivity contribution in [1.29, 1.82) is 0 Å². The zero-order valence-corrected chi connectivity index (χ0v) is 13.2. The molecule has 0 saturated heterocycles. The van der Waals surface area contributed by atoms with E-state index < -0.39 is 0 Å². The molecule has 1 atom stereocenters. The topological polar surface area (TPSA) is 15.3 Å². The predicted octanol–water partition coefficient (Wildman–Crippen LogP) is 3.80. The van der Waals surface area contributed by atoms with Crippen molar-refractivity contribution in [2.45, 2.75) is 39.9 Å². The van der Waals surface area contributed by atoms with Crippen molar-refractivity contribution in [2.24, 2.45) is 0 Å². The molecular formula is C19H24N2. The lowest BCUT2D eigenvalue weighted by molar-refractivity contribution is 0.552. The van der Waals surface area contributed by atoms with Crippen LogP contribution in [0.5, 0.6) is 0 Å². The molecule has 2 heteroatoms. The molecule has 0 saturated carbocycles. The van der Waals surface area contributed by atoms with Gasteiger partial charge in [-0.25, -0.2) is 0 Å². The molecule has 1 heterocycles. The molecule has 21 heavy (non-hydrogen) atoms. The summed E-state index contributed by atoms with van der Waals surface area (Å²) in [6.07, 6.45) is 0. The fraction of sp³-hybridized carbons (Fsp3) is 0.368. The highest BCUT2D eigenvalue weighted by atomic mass is 15.2. The van der Waals surface area contributed by atoms with Crippen molar-refractivity contribution >= 4 is 5.69 Å². The predicted molar refractivity (Wildman–Crippen MR) is 89.7 cm³/mol. The summed E-state index contributed by atoms with van der Waals surface area (Å²) in [5.41, 5.74) is 6.99. The number of hydrogen-bond acceptors (Lipinski definition) is 2. The second-order valence-electron chi connectivity index (χ2n) is 6.17. The molecule has 110 valence electrons. The number of nitrogens with one attached hydrogen (secondary N) is 1. The summed E-state index contributed by atoms with van der Waals surface area (Å²) in [5, 5.41) is 3.62. The first-order chi connectivity index (χ1) is 10.1. The van der Waals surface area contributed by atoms with E-state index in [0.717, 1.165) is 19.6 Å². The SMILES string of the molecule is Cc1ccccc1CN1CC(C)NCc2cccc(C)c21. The average molecular weight is 280 g/mol. The molecule has 0 radical (unpaired) electrons. The van der Waals surface area contributed by atoms with Crippen LogP contribution in [0.2, 0.25) is 0 Å². The molecule has 0 aromatic heterocycles. The average Bonchev–Trinajstić information content (AvgIpc) is 2.62. The molecule has 0 spiro atoms. The number of rotatable bonds is 2. The number of hydrogen-bond donors (Lipinski definition) is 1. The zero-order chi connectivity index (χ0) is 14.8. The van der Waals surface area contributed by atoms with Crippen molar-refractivity contribution in [3.63, 3.8) is 0 Å². The maximum Gasteiger partial charge on any atom is 0.0445 e. The van der Waals surface area contributed by atoms with Gasteiger partial charge in [0.2, 0.25) is 0 Å². The molecule has 0 aliphatic carbocycles. The van der Waals surface area contributed by atoms with Crippen LogP contribution in [0.4, 0.5) is 5.69 Å². The molecule has 1 unspecified atom stereocenters. The minimum absolute atomic E-state index is 0.501. The second kappa shape index (κ2) is 5.90. The number of aryl methyl sites for hydroxylation is 2. The summed E-state index contributed by atoms with van der Waals surface area (Å²) in [6, 6.07) is 15.8. The number of anilines is 1. The Balaban J connectivity index is 1.99. The van der Waals surface area contributed by atoms with Gasteiger partial charge in [-0.2, -0.15) is 0 Å². The lowest BCUT2D eigenvalue weighted by atomic mass is 10.0. The first-order valence-electron chi connectivity index (χ1n) is 7.76. The molecule has 1 N–H and O–H groups in total. The van der Waals surface area contributed by atoms with Crippen LogP contribution < -0.4 is 10.2 Å². The highest BCUT2D eigenvalue weighted by Gasteiger charge is 2.20. The zero-order valence-electron chi connectivity index (χ0n) is 13.2. The van der Waals surface area contributed by atoms with Crippen LogP contribution in [-0.2, 0) is 13.1 Å². The van der Waals surface area contributed by atoms with Crippen LogP contribution in [0.1, 0.15) is 29.2 Å². The first kappa shape index (κ1) is 14.2. The third kappa shape index (κ3) is 2.96. The Labute approximate surface area is 127 Å². The van der Waals surface area contributed by atoms with Crippen LogP contribution >= 0.6 is 0 Å². The summed E-state index contributed by atoms with van der Waals surface area (Å²) >= 11 is 0. The fourth-order valence-electron chi connectivity index (χ4n) is 3.22. The van der Waals surface area contributed by atoms with Gasteiger partial charge in [-0.1, -0.05) is 42.5 Å². The highest BCUT2D eigenvalue weighted by Crippen LogP contribution is 2.29. The second-order valence-corrected chi connectivity index (χ2v) is 6.17. The number of nitrogens with zero attached hydrogens (tertiary/aromatic N) is 1.